The number of hydrogen-bond acceptors (Lipinski definition) is 7. The average Bonchev–Trinajstić information content (AvgIpc) is 3.05. The molecule has 170 valence electrons. The molecule has 0 atom stereocenters. The molecule has 0 unspecified atom stereocenters. The molecule has 10 nitrogen and oxygen atoms in total. The highest BCUT2D eigenvalue weighted by Gasteiger charge is 2.39. The predicted molar refractivity (Wildman–Crippen MR) is 124 cm³/mol. The van der Waals surface area contributed by atoms with Gasteiger partial charge >= 0.3 is 0 Å². The second kappa shape index (κ2) is 9.33. The summed E-state index contributed by atoms with van der Waals surface area (Å²) < 4.78 is 0. The largest absolute Gasteiger partial charge is 0.350 e. The number of anilines is 2. The minimum absolute atomic E-state index is 0.0225. The lowest BCUT2D eigenvalue weighted by atomic mass is 10.0. The van der Waals surface area contributed by atoms with Crippen molar-refractivity contribution in [1.29, 1.82) is 0 Å². The minimum Gasteiger partial charge on any atom is -0.350 e. The van der Waals surface area contributed by atoms with Gasteiger partial charge in [-0.1, -0.05) is 6.07 Å². The number of nitro groups is 1. The van der Waals surface area contributed by atoms with Gasteiger partial charge in [0.25, 0.3) is 17.5 Å². The molecule has 0 saturated heterocycles. The number of pyridine rings is 1. The van der Waals surface area contributed by atoms with E-state index in [1.807, 2.05) is 0 Å². The van der Waals surface area contributed by atoms with Crippen LogP contribution in [-0.4, -0.2) is 32.5 Å². The number of non-ortho nitro benzene ring substituents is 1. The number of aromatic nitrogens is 1. The van der Waals surface area contributed by atoms with Gasteiger partial charge in [-0.3, -0.25) is 34.4 Å². The monoisotopic (exact) mass is 457 g/mol. The number of benzene rings is 2. The van der Waals surface area contributed by atoms with E-state index in [1.54, 1.807) is 48.8 Å². The Morgan fingerprint density at radius 3 is 2.26 bits per heavy atom. The van der Waals surface area contributed by atoms with E-state index in [4.69, 9.17) is 0 Å². The van der Waals surface area contributed by atoms with Crippen LogP contribution in [-0.2, 0) is 20.9 Å². The number of amides is 3. The van der Waals surface area contributed by atoms with Gasteiger partial charge in [-0.2, -0.15) is 0 Å². The molecule has 3 aromatic rings. The zero-order valence-corrected chi connectivity index (χ0v) is 18.0. The predicted octanol–water partition coefficient (Wildman–Crippen LogP) is 3.34. The third-order valence-electron chi connectivity index (χ3n) is 5.07. The van der Waals surface area contributed by atoms with Crippen LogP contribution in [0.2, 0.25) is 0 Å². The molecule has 4 rings (SSSR count). The minimum atomic E-state index is -0.537. The highest BCUT2D eigenvalue weighted by molar-refractivity contribution is 6.36. The van der Waals surface area contributed by atoms with Crippen LogP contribution >= 0.6 is 0 Å². The summed E-state index contributed by atoms with van der Waals surface area (Å²) in [5.74, 6) is -1.28. The van der Waals surface area contributed by atoms with E-state index in [0.717, 1.165) is 4.90 Å². The summed E-state index contributed by atoms with van der Waals surface area (Å²) >= 11 is 0. The first-order valence-corrected chi connectivity index (χ1v) is 10.2. The molecule has 0 saturated carbocycles. The Bertz CT molecular complexity index is 1300. The summed E-state index contributed by atoms with van der Waals surface area (Å²) in [5, 5.41) is 16.7. The van der Waals surface area contributed by atoms with Gasteiger partial charge in [0, 0.05) is 42.8 Å². The number of hydrogen-bond donors (Lipinski definition) is 2. The van der Waals surface area contributed by atoms with Crippen molar-refractivity contribution in [2.75, 3.05) is 10.6 Å². The number of rotatable bonds is 7. The molecule has 0 aliphatic carbocycles. The van der Waals surface area contributed by atoms with Crippen LogP contribution in [0.4, 0.5) is 17.1 Å². The van der Waals surface area contributed by atoms with Gasteiger partial charge in [0.15, 0.2) is 0 Å². The zero-order chi connectivity index (χ0) is 24.2. The molecule has 1 aliphatic heterocycles. The standard InChI is InChI=1S/C24H19N5O5/c1-15(30)26-18-6-8-19(9-7-18)27-22-21(17-4-10-20(11-5-17)29(33)34)23(31)28(24(22)32)14-16-3-2-12-25-13-16/h2-13,27H,14H2,1H3,(H,26,30). The Kier molecular flexibility index (Phi) is 6.13. The van der Waals surface area contributed by atoms with E-state index < -0.39 is 16.7 Å². The van der Waals surface area contributed by atoms with Crippen molar-refractivity contribution < 1.29 is 19.3 Å². The van der Waals surface area contributed by atoms with Crippen molar-refractivity contribution in [1.82, 2.24) is 9.88 Å². The highest BCUT2D eigenvalue weighted by atomic mass is 16.6. The molecule has 1 aromatic heterocycles. The van der Waals surface area contributed by atoms with E-state index in [1.165, 1.54) is 31.2 Å². The molecule has 0 spiro atoms. The maximum Gasteiger partial charge on any atom is 0.278 e. The van der Waals surface area contributed by atoms with Crippen LogP contribution in [0.15, 0.2) is 78.8 Å². The molecule has 2 heterocycles. The molecule has 2 N–H and O–H groups in total. The molecule has 0 bridgehead atoms. The Hall–Kier alpha value is -4.86. The topological polar surface area (TPSA) is 135 Å². The van der Waals surface area contributed by atoms with E-state index >= 15 is 0 Å². The first-order valence-electron chi connectivity index (χ1n) is 10.2. The normalized spacial score (nSPS) is 13.3. The van der Waals surface area contributed by atoms with Crippen molar-refractivity contribution in [3.63, 3.8) is 0 Å². The van der Waals surface area contributed by atoms with Gasteiger partial charge in [0.1, 0.15) is 5.70 Å². The molecule has 1 aliphatic rings. The smallest absolute Gasteiger partial charge is 0.278 e. The number of imide groups is 1. The summed E-state index contributed by atoms with van der Waals surface area (Å²) in [4.78, 5) is 53.5. The molecule has 2 aromatic carbocycles. The highest BCUT2D eigenvalue weighted by Crippen LogP contribution is 2.32. The first-order chi connectivity index (χ1) is 16.3. The van der Waals surface area contributed by atoms with Gasteiger partial charge < -0.3 is 10.6 Å². The first kappa shape index (κ1) is 22.3. The Balaban J connectivity index is 1.70. The summed E-state index contributed by atoms with van der Waals surface area (Å²) in [6.45, 7) is 1.42. The summed E-state index contributed by atoms with van der Waals surface area (Å²) in [5.41, 5.74) is 2.17. The summed E-state index contributed by atoms with van der Waals surface area (Å²) in [7, 11) is 0. The van der Waals surface area contributed by atoms with Crippen LogP contribution in [0, 0.1) is 10.1 Å². The second-order valence-electron chi connectivity index (χ2n) is 7.50. The van der Waals surface area contributed by atoms with Crippen molar-refractivity contribution in [3.05, 3.63) is 100.0 Å². The van der Waals surface area contributed by atoms with Crippen LogP contribution in [0.5, 0.6) is 0 Å². The fourth-order valence-corrected chi connectivity index (χ4v) is 3.51. The maximum absolute atomic E-state index is 13.3. The van der Waals surface area contributed by atoms with E-state index in [9.17, 15) is 24.5 Å². The van der Waals surface area contributed by atoms with Crippen molar-refractivity contribution in [2.24, 2.45) is 0 Å². The summed E-state index contributed by atoms with van der Waals surface area (Å²) in [6, 6.07) is 15.5. The van der Waals surface area contributed by atoms with Gasteiger partial charge in [0.2, 0.25) is 5.91 Å². The van der Waals surface area contributed by atoms with Crippen LogP contribution in [0.1, 0.15) is 18.1 Å². The van der Waals surface area contributed by atoms with Crippen molar-refractivity contribution in [2.45, 2.75) is 13.5 Å². The van der Waals surface area contributed by atoms with E-state index in [-0.39, 0.29) is 29.4 Å². The van der Waals surface area contributed by atoms with Gasteiger partial charge in [-0.25, -0.2) is 0 Å². The number of carbonyl (C=O) groups excluding carboxylic acids is 3. The van der Waals surface area contributed by atoms with E-state index in [2.05, 4.69) is 15.6 Å². The van der Waals surface area contributed by atoms with Crippen molar-refractivity contribution >= 4 is 40.4 Å². The number of nitro benzene ring substituents is 1. The SMILES string of the molecule is CC(=O)Nc1ccc(NC2=C(c3ccc([N+](=O)[O-])cc3)C(=O)N(Cc3cccnc3)C2=O)cc1. The van der Waals surface area contributed by atoms with Gasteiger partial charge in [-0.05, 0) is 53.6 Å². The molecule has 0 radical (unpaired) electrons. The Morgan fingerprint density at radius 1 is 1.00 bits per heavy atom. The van der Waals surface area contributed by atoms with Crippen molar-refractivity contribution in [3.8, 4) is 0 Å². The zero-order valence-electron chi connectivity index (χ0n) is 18.0. The third-order valence-corrected chi connectivity index (χ3v) is 5.07. The Morgan fingerprint density at radius 2 is 1.68 bits per heavy atom. The van der Waals surface area contributed by atoms with Gasteiger partial charge in [-0.15, -0.1) is 0 Å². The lowest BCUT2D eigenvalue weighted by Gasteiger charge is -2.15. The molecule has 10 heteroatoms. The Labute approximate surface area is 194 Å². The molecule has 3 amide bonds. The second-order valence-corrected chi connectivity index (χ2v) is 7.50. The molecule has 34 heavy (non-hydrogen) atoms. The van der Waals surface area contributed by atoms with Crippen LogP contribution in [0.25, 0.3) is 5.57 Å². The van der Waals surface area contributed by atoms with E-state index in [0.29, 0.717) is 22.5 Å². The van der Waals surface area contributed by atoms with Crippen LogP contribution < -0.4 is 10.6 Å². The van der Waals surface area contributed by atoms with Gasteiger partial charge in [0.05, 0.1) is 17.0 Å². The number of carbonyl (C=O) groups is 3. The molecular weight excluding hydrogens is 438 g/mol. The average molecular weight is 457 g/mol. The number of nitrogens with zero attached hydrogens (tertiary/aromatic N) is 3. The van der Waals surface area contributed by atoms with Crippen LogP contribution in [0.3, 0.4) is 0 Å². The lowest BCUT2D eigenvalue weighted by molar-refractivity contribution is -0.384. The molecular formula is C24H19N5O5. The molecule has 0 fully saturated rings. The fraction of sp³-hybridized carbons (Fsp3) is 0.0833. The third kappa shape index (κ3) is 4.65. The fourth-order valence-electron chi connectivity index (χ4n) is 3.51. The number of nitrogens with one attached hydrogen (secondary N) is 2. The lowest BCUT2D eigenvalue weighted by Crippen LogP contribution is -2.32. The quantitative estimate of drug-likeness (QED) is 0.316. The maximum atomic E-state index is 13.3. The summed E-state index contributed by atoms with van der Waals surface area (Å²) in [6.07, 6.45) is 3.16.